The van der Waals surface area contributed by atoms with E-state index in [2.05, 4.69) is 20.8 Å². The number of benzene rings is 1. The maximum absolute atomic E-state index is 12.6. The van der Waals surface area contributed by atoms with Crippen molar-refractivity contribution >= 4 is 33.0 Å². The molecule has 0 radical (unpaired) electrons. The molecule has 0 bridgehead atoms. The summed E-state index contributed by atoms with van der Waals surface area (Å²) in [5.74, 6) is 0. The van der Waals surface area contributed by atoms with Gasteiger partial charge in [-0.25, -0.2) is 0 Å². The van der Waals surface area contributed by atoms with Gasteiger partial charge in [-0.15, -0.1) is 0 Å². The summed E-state index contributed by atoms with van der Waals surface area (Å²) in [7, 11) is 4.01. The van der Waals surface area contributed by atoms with Gasteiger partial charge in [0.15, 0.2) is 0 Å². The molecule has 6 heteroatoms. The van der Waals surface area contributed by atoms with Crippen LogP contribution in [0, 0.1) is 0 Å². The summed E-state index contributed by atoms with van der Waals surface area (Å²) >= 11 is 9.50. The van der Waals surface area contributed by atoms with Crippen molar-refractivity contribution in [2.75, 3.05) is 20.6 Å². The maximum atomic E-state index is 12.6. The summed E-state index contributed by atoms with van der Waals surface area (Å²) in [6.07, 6.45) is 4.57. The molecule has 0 saturated heterocycles. The van der Waals surface area contributed by atoms with Gasteiger partial charge in [-0.2, -0.15) is 0 Å². The van der Waals surface area contributed by atoms with E-state index in [9.17, 15) is 4.79 Å². The molecule has 0 aliphatic carbocycles. The topological polar surface area (TPSA) is 29.6 Å². The molecule has 24 heavy (non-hydrogen) atoms. The quantitative estimate of drug-likeness (QED) is 0.645. The van der Waals surface area contributed by atoms with Crippen LogP contribution < -0.4 is 5.56 Å². The van der Waals surface area contributed by atoms with Crippen molar-refractivity contribution in [2.45, 2.75) is 13.0 Å². The van der Waals surface area contributed by atoms with Gasteiger partial charge in [0.05, 0.1) is 5.02 Å². The van der Waals surface area contributed by atoms with Crippen molar-refractivity contribution in [1.82, 2.24) is 13.9 Å². The number of likely N-dealkylation sites (N-methyl/N-ethyl adjacent to an activating group) is 1. The van der Waals surface area contributed by atoms with E-state index in [0.29, 0.717) is 17.1 Å². The Bertz CT molecular complexity index is 930. The summed E-state index contributed by atoms with van der Waals surface area (Å²) in [6.45, 7) is 1.52. The lowest BCUT2D eigenvalue weighted by molar-refractivity contribution is 0.381. The molecule has 0 atom stereocenters. The van der Waals surface area contributed by atoms with Gasteiger partial charge in [0.25, 0.3) is 5.56 Å². The van der Waals surface area contributed by atoms with E-state index in [1.165, 1.54) is 0 Å². The largest absolute Gasteiger partial charge is 0.314 e. The molecule has 0 aliphatic heterocycles. The van der Waals surface area contributed by atoms with Gasteiger partial charge >= 0.3 is 0 Å². The smallest absolute Gasteiger partial charge is 0.274 e. The minimum Gasteiger partial charge on any atom is -0.314 e. The van der Waals surface area contributed by atoms with Gasteiger partial charge in [0.2, 0.25) is 0 Å². The first-order chi connectivity index (χ1) is 11.5. The number of halogens is 2. The van der Waals surface area contributed by atoms with Crippen LogP contribution >= 0.6 is 27.5 Å². The molecule has 3 rings (SSSR count). The van der Waals surface area contributed by atoms with E-state index < -0.39 is 0 Å². The Morgan fingerprint density at radius 3 is 2.67 bits per heavy atom. The van der Waals surface area contributed by atoms with Crippen molar-refractivity contribution in [1.29, 1.82) is 0 Å². The van der Waals surface area contributed by atoms with Crippen LogP contribution in [0.4, 0.5) is 0 Å². The van der Waals surface area contributed by atoms with Gasteiger partial charge in [0, 0.05) is 42.1 Å². The Morgan fingerprint density at radius 1 is 1.17 bits per heavy atom. The van der Waals surface area contributed by atoms with Gasteiger partial charge in [-0.1, -0.05) is 17.7 Å². The van der Waals surface area contributed by atoms with Gasteiger partial charge in [0.1, 0.15) is 5.52 Å². The molecule has 0 saturated carbocycles. The van der Waals surface area contributed by atoms with E-state index in [1.54, 1.807) is 4.57 Å². The third-order valence-corrected chi connectivity index (χ3v) is 5.25. The monoisotopic (exact) mass is 407 g/mol. The normalized spacial score (nSPS) is 11.5. The van der Waals surface area contributed by atoms with Crippen molar-refractivity contribution in [2.24, 2.45) is 0 Å². The zero-order chi connectivity index (χ0) is 17.3. The van der Waals surface area contributed by atoms with E-state index >= 15 is 0 Å². The fourth-order valence-electron chi connectivity index (χ4n) is 2.69. The molecule has 0 fully saturated rings. The molecule has 1 aromatic carbocycles. The summed E-state index contributed by atoms with van der Waals surface area (Å²) in [5.41, 5.74) is 2.97. The Kier molecular flexibility index (Phi) is 5.13. The van der Waals surface area contributed by atoms with Gasteiger partial charge in [-0.3, -0.25) is 4.79 Å². The molecule has 2 heterocycles. The predicted octanol–water partition coefficient (Wildman–Crippen LogP) is 3.67. The van der Waals surface area contributed by atoms with Crippen molar-refractivity contribution in [3.05, 3.63) is 73.8 Å². The molecule has 2 aromatic heterocycles. The number of aromatic nitrogens is 2. The Balaban J connectivity index is 1.92. The molecule has 0 unspecified atom stereocenters. The number of fused-ring (bicyclic) bond motifs is 1. The highest BCUT2D eigenvalue weighted by molar-refractivity contribution is 9.10. The second-order valence-corrected chi connectivity index (χ2v) is 7.37. The second-order valence-electron chi connectivity index (χ2n) is 6.11. The van der Waals surface area contributed by atoms with Crippen LogP contribution in [-0.4, -0.2) is 34.5 Å². The molecule has 0 N–H and O–H groups in total. The third-order valence-electron chi connectivity index (χ3n) is 4.04. The minimum atomic E-state index is 0.0443. The Morgan fingerprint density at radius 2 is 1.96 bits per heavy atom. The van der Waals surface area contributed by atoms with Crippen LogP contribution in [0.25, 0.3) is 5.52 Å². The summed E-state index contributed by atoms with van der Waals surface area (Å²) in [4.78, 5) is 14.7. The lowest BCUT2D eigenvalue weighted by atomic mass is 10.1. The van der Waals surface area contributed by atoms with Crippen LogP contribution in [-0.2, 0) is 13.0 Å². The Labute approximate surface area is 154 Å². The maximum Gasteiger partial charge on any atom is 0.274 e. The minimum absolute atomic E-state index is 0.0443. The van der Waals surface area contributed by atoms with Gasteiger partial charge in [-0.05, 0) is 59.9 Å². The molecular weight excluding hydrogens is 390 g/mol. The van der Waals surface area contributed by atoms with Gasteiger partial charge < -0.3 is 13.9 Å². The molecule has 4 nitrogen and oxygen atoms in total. The standard InChI is InChI=1S/C18H19BrClN3O/c1-21(2)7-8-22-9-10-23-14(4-6-17(23)18(22)24)11-13-3-5-16(20)15(19)12-13/h3-6,9-10,12H,7-8,11H2,1-2H3. The molecule has 0 spiro atoms. The number of rotatable bonds is 5. The highest BCUT2D eigenvalue weighted by atomic mass is 79.9. The third kappa shape index (κ3) is 3.58. The Hall–Kier alpha value is -1.56. The number of nitrogens with zero attached hydrogens (tertiary/aromatic N) is 3. The highest BCUT2D eigenvalue weighted by Crippen LogP contribution is 2.24. The zero-order valence-electron chi connectivity index (χ0n) is 13.7. The fraction of sp³-hybridized carbons (Fsp3) is 0.278. The number of hydrogen-bond donors (Lipinski definition) is 0. The predicted molar refractivity (Wildman–Crippen MR) is 102 cm³/mol. The first-order valence-electron chi connectivity index (χ1n) is 7.74. The van der Waals surface area contributed by atoms with Crippen LogP contribution in [0.5, 0.6) is 0 Å². The summed E-state index contributed by atoms with van der Waals surface area (Å²) in [5, 5.41) is 0.697. The van der Waals surface area contributed by atoms with Crippen LogP contribution in [0.15, 0.2) is 52.0 Å². The zero-order valence-corrected chi connectivity index (χ0v) is 16.0. The first kappa shape index (κ1) is 17.3. The van der Waals surface area contributed by atoms with Crippen LogP contribution in [0.3, 0.4) is 0 Å². The average molecular weight is 409 g/mol. The summed E-state index contributed by atoms with van der Waals surface area (Å²) in [6, 6.07) is 9.81. The van der Waals surface area contributed by atoms with E-state index in [1.807, 2.05) is 61.2 Å². The van der Waals surface area contributed by atoms with E-state index in [-0.39, 0.29) is 5.56 Å². The van der Waals surface area contributed by atoms with Crippen molar-refractivity contribution in [3.8, 4) is 0 Å². The van der Waals surface area contributed by atoms with E-state index in [4.69, 9.17) is 11.6 Å². The molecule has 0 aliphatic rings. The second kappa shape index (κ2) is 7.13. The number of hydrogen-bond acceptors (Lipinski definition) is 2. The molecule has 0 amide bonds. The van der Waals surface area contributed by atoms with Crippen molar-refractivity contribution in [3.63, 3.8) is 0 Å². The lowest BCUT2D eigenvalue weighted by Gasteiger charge is -2.12. The highest BCUT2D eigenvalue weighted by Gasteiger charge is 2.09. The fourth-order valence-corrected chi connectivity index (χ4v) is 3.23. The van der Waals surface area contributed by atoms with Crippen LogP contribution in [0.1, 0.15) is 11.3 Å². The SMILES string of the molecule is CN(C)CCn1ccn2c(Cc3ccc(Cl)c(Br)c3)ccc2c1=O. The van der Waals surface area contributed by atoms with E-state index in [0.717, 1.165) is 28.7 Å². The average Bonchev–Trinajstić information content (AvgIpc) is 2.94. The lowest BCUT2D eigenvalue weighted by Crippen LogP contribution is -2.27. The molecular formula is C18H19BrClN3O. The first-order valence-corrected chi connectivity index (χ1v) is 8.91. The summed E-state index contributed by atoms with van der Waals surface area (Å²) < 4.78 is 4.61. The molecule has 126 valence electrons. The molecule has 3 aromatic rings. The van der Waals surface area contributed by atoms with Crippen LogP contribution in [0.2, 0.25) is 5.02 Å². The van der Waals surface area contributed by atoms with Crippen molar-refractivity contribution < 1.29 is 0 Å².